The number of fused-ring (bicyclic) bond motifs is 2. The fourth-order valence-corrected chi connectivity index (χ4v) is 2.07. The zero-order chi connectivity index (χ0) is 11.4. The van der Waals surface area contributed by atoms with Crippen LogP contribution in [-0.4, -0.2) is 24.5 Å². The third-order valence-corrected chi connectivity index (χ3v) is 3.14. The molecule has 6 heteroatoms. The summed E-state index contributed by atoms with van der Waals surface area (Å²) in [6, 6.07) is 2.42. The van der Waals surface area contributed by atoms with Gasteiger partial charge in [0.05, 0.1) is 11.7 Å². The maximum absolute atomic E-state index is 6.15. The Hall–Kier alpha value is -2.24. The summed E-state index contributed by atoms with van der Waals surface area (Å²) < 4.78 is 2.02. The highest BCUT2D eigenvalue weighted by Gasteiger charge is 2.25. The maximum atomic E-state index is 6.15. The molecule has 4 rings (SSSR count). The second kappa shape index (κ2) is 2.91. The lowest BCUT2D eigenvalue weighted by Crippen LogP contribution is -2.06. The van der Waals surface area contributed by atoms with E-state index in [1.807, 2.05) is 10.6 Å². The molecule has 0 atom stereocenters. The summed E-state index contributed by atoms with van der Waals surface area (Å²) in [6.07, 6.45) is 5.62. The van der Waals surface area contributed by atoms with E-state index < -0.39 is 0 Å². The summed E-state index contributed by atoms with van der Waals surface area (Å²) in [6.45, 7) is 0. The van der Waals surface area contributed by atoms with E-state index in [1.54, 1.807) is 6.33 Å². The molecule has 0 spiro atoms. The minimum absolute atomic E-state index is 0.508. The number of anilines is 1. The first-order valence-electron chi connectivity index (χ1n) is 5.57. The monoisotopic (exact) mass is 226 g/mol. The summed E-state index contributed by atoms with van der Waals surface area (Å²) in [4.78, 5) is 16.9. The number of aromatic nitrogens is 5. The third kappa shape index (κ3) is 1.20. The molecule has 2 N–H and O–H groups in total. The molecule has 0 bridgehead atoms. The quantitative estimate of drug-likeness (QED) is 0.676. The van der Waals surface area contributed by atoms with Crippen LogP contribution in [0.25, 0.3) is 22.2 Å². The molecule has 3 heterocycles. The van der Waals surface area contributed by atoms with Gasteiger partial charge in [-0.1, -0.05) is 0 Å². The maximum Gasteiger partial charge on any atom is 0.181 e. The van der Waals surface area contributed by atoms with Gasteiger partial charge in [0.1, 0.15) is 17.7 Å². The number of rotatable bonds is 1. The van der Waals surface area contributed by atoms with E-state index in [9.17, 15) is 0 Å². The Balaban J connectivity index is 2.09. The molecular formula is C11H10N6. The van der Waals surface area contributed by atoms with Gasteiger partial charge in [0.2, 0.25) is 0 Å². The number of pyridine rings is 1. The van der Waals surface area contributed by atoms with Crippen LogP contribution in [0.4, 0.5) is 5.82 Å². The average molecular weight is 226 g/mol. The Morgan fingerprint density at radius 2 is 2.06 bits per heavy atom. The third-order valence-electron chi connectivity index (χ3n) is 3.14. The molecule has 1 saturated carbocycles. The van der Waals surface area contributed by atoms with Gasteiger partial charge in [-0.15, -0.1) is 0 Å². The van der Waals surface area contributed by atoms with Crippen molar-refractivity contribution in [2.75, 3.05) is 5.73 Å². The van der Waals surface area contributed by atoms with E-state index in [1.165, 1.54) is 19.2 Å². The molecule has 84 valence electrons. The van der Waals surface area contributed by atoms with Crippen LogP contribution in [-0.2, 0) is 0 Å². The van der Waals surface area contributed by atoms with Gasteiger partial charge in [-0.2, -0.15) is 0 Å². The molecule has 0 amide bonds. The van der Waals surface area contributed by atoms with Crippen molar-refractivity contribution in [2.45, 2.75) is 18.9 Å². The van der Waals surface area contributed by atoms with Crippen molar-refractivity contribution in [2.24, 2.45) is 0 Å². The standard InChI is InChI=1S/C11H10N6/c12-9-7-3-8-11(14-4-13-8)16-10(7)15-5-17(9)6-1-2-6/h3-6H,1-2,12H2. The van der Waals surface area contributed by atoms with E-state index in [-0.39, 0.29) is 0 Å². The lowest BCUT2D eigenvalue weighted by atomic mass is 10.3. The molecule has 1 fully saturated rings. The highest BCUT2D eigenvalue weighted by Crippen LogP contribution is 2.37. The first-order chi connectivity index (χ1) is 8.33. The van der Waals surface area contributed by atoms with Gasteiger partial charge in [0.15, 0.2) is 11.3 Å². The van der Waals surface area contributed by atoms with E-state index in [0.29, 0.717) is 17.3 Å². The van der Waals surface area contributed by atoms with Crippen molar-refractivity contribution in [3.8, 4) is 0 Å². The summed E-state index contributed by atoms with van der Waals surface area (Å²) in [5, 5.41) is 0.854. The largest absolute Gasteiger partial charge is 0.384 e. The van der Waals surface area contributed by atoms with Crippen molar-refractivity contribution in [1.29, 1.82) is 0 Å². The van der Waals surface area contributed by atoms with Gasteiger partial charge in [-0.05, 0) is 18.9 Å². The van der Waals surface area contributed by atoms with E-state index in [2.05, 4.69) is 19.9 Å². The molecule has 3 aromatic rings. The molecule has 0 aliphatic heterocycles. The van der Waals surface area contributed by atoms with Crippen molar-refractivity contribution in [3.05, 3.63) is 18.7 Å². The van der Waals surface area contributed by atoms with Crippen LogP contribution in [0.15, 0.2) is 18.7 Å². The molecule has 0 saturated heterocycles. The van der Waals surface area contributed by atoms with Crippen LogP contribution >= 0.6 is 0 Å². The van der Waals surface area contributed by atoms with E-state index in [0.717, 1.165) is 16.7 Å². The Kier molecular flexibility index (Phi) is 1.52. The number of hydrogen-bond donors (Lipinski definition) is 1. The van der Waals surface area contributed by atoms with Gasteiger partial charge in [-0.3, -0.25) is 0 Å². The SMILES string of the molecule is Nc1c2cc3ncnc3nc2ncn1C1CC1. The topological polar surface area (TPSA) is 82.5 Å². The van der Waals surface area contributed by atoms with Crippen LogP contribution in [0.1, 0.15) is 18.9 Å². The van der Waals surface area contributed by atoms with Crippen LogP contribution in [0.2, 0.25) is 0 Å². The summed E-state index contributed by atoms with van der Waals surface area (Å²) >= 11 is 0. The number of nitrogens with zero attached hydrogens (tertiary/aromatic N) is 5. The zero-order valence-electron chi connectivity index (χ0n) is 9.04. The minimum atomic E-state index is 0.508. The van der Waals surface area contributed by atoms with Crippen molar-refractivity contribution >= 4 is 28.0 Å². The van der Waals surface area contributed by atoms with E-state index in [4.69, 9.17) is 5.73 Å². The molecule has 1 aliphatic rings. The Labute approximate surface area is 96.5 Å². The predicted molar refractivity (Wildman–Crippen MR) is 63.3 cm³/mol. The second-order valence-electron chi connectivity index (χ2n) is 4.34. The lowest BCUT2D eigenvalue weighted by Gasteiger charge is -2.10. The lowest BCUT2D eigenvalue weighted by molar-refractivity contribution is 0.734. The molecule has 17 heavy (non-hydrogen) atoms. The average Bonchev–Trinajstić information content (AvgIpc) is 3.07. The zero-order valence-corrected chi connectivity index (χ0v) is 9.04. The van der Waals surface area contributed by atoms with E-state index >= 15 is 0 Å². The van der Waals surface area contributed by atoms with Gasteiger partial charge in [0.25, 0.3) is 0 Å². The molecule has 3 aromatic heterocycles. The molecule has 0 aromatic carbocycles. The first kappa shape index (κ1) is 8.86. The highest BCUT2D eigenvalue weighted by atomic mass is 15.1. The molecular weight excluding hydrogens is 216 g/mol. The second-order valence-corrected chi connectivity index (χ2v) is 4.34. The van der Waals surface area contributed by atoms with Crippen molar-refractivity contribution < 1.29 is 0 Å². The van der Waals surface area contributed by atoms with Gasteiger partial charge < -0.3 is 10.3 Å². The van der Waals surface area contributed by atoms with Gasteiger partial charge in [-0.25, -0.2) is 19.9 Å². The van der Waals surface area contributed by atoms with Crippen molar-refractivity contribution in [1.82, 2.24) is 24.5 Å². The first-order valence-corrected chi connectivity index (χ1v) is 5.57. The fourth-order valence-electron chi connectivity index (χ4n) is 2.07. The Morgan fingerprint density at radius 3 is 2.88 bits per heavy atom. The summed E-state index contributed by atoms with van der Waals surface area (Å²) in [5.74, 6) is 0.718. The minimum Gasteiger partial charge on any atom is -0.384 e. The number of imidazole rings is 1. The fraction of sp³-hybridized carbons (Fsp3) is 0.273. The number of nitrogen functional groups attached to an aromatic ring is 1. The van der Waals surface area contributed by atoms with Crippen LogP contribution in [0.3, 0.4) is 0 Å². The molecule has 1 aliphatic carbocycles. The predicted octanol–water partition coefficient (Wildman–Crippen LogP) is 1.29. The number of nitrogens with two attached hydrogens (primary N) is 1. The van der Waals surface area contributed by atoms with Crippen LogP contribution < -0.4 is 5.73 Å². The number of hydrogen-bond acceptors (Lipinski definition) is 5. The van der Waals surface area contributed by atoms with Crippen LogP contribution in [0, 0.1) is 0 Å². The van der Waals surface area contributed by atoms with Gasteiger partial charge in [0, 0.05) is 6.04 Å². The van der Waals surface area contributed by atoms with Crippen molar-refractivity contribution in [3.63, 3.8) is 0 Å². The molecule has 0 unspecified atom stereocenters. The smallest absolute Gasteiger partial charge is 0.181 e. The van der Waals surface area contributed by atoms with Crippen LogP contribution in [0.5, 0.6) is 0 Å². The normalized spacial score (nSPS) is 15.8. The van der Waals surface area contributed by atoms with Gasteiger partial charge >= 0.3 is 0 Å². The molecule has 6 nitrogen and oxygen atoms in total. The molecule has 0 radical (unpaired) electrons. The highest BCUT2D eigenvalue weighted by molar-refractivity contribution is 5.93. The Morgan fingerprint density at radius 1 is 1.18 bits per heavy atom. The summed E-state index contributed by atoms with van der Waals surface area (Å²) in [5.41, 5.74) is 8.17. The Bertz CT molecular complexity index is 727. The summed E-state index contributed by atoms with van der Waals surface area (Å²) in [7, 11) is 0.